The van der Waals surface area contributed by atoms with Gasteiger partial charge in [0.2, 0.25) is 0 Å². The number of halogens is 3. The van der Waals surface area contributed by atoms with Crippen LogP contribution in [0.4, 0.5) is 13.2 Å². The van der Waals surface area contributed by atoms with E-state index in [2.05, 4.69) is 9.97 Å². The van der Waals surface area contributed by atoms with Crippen LogP contribution >= 0.6 is 0 Å². The van der Waals surface area contributed by atoms with E-state index < -0.39 is 11.9 Å². The number of hydrogen-bond donors (Lipinski definition) is 1. The fourth-order valence-corrected chi connectivity index (χ4v) is 2.75. The first-order valence-corrected chi connectivity index (χ1v) is 6.72. The second-order valence-electron chi connectivity index (χ2n) is 5.25. The lowest BCUT2D eigenvalue weighted by molar-refractivity contribution is -0.141. The average Bonchev–Trinajstić information content (AvgIpc) is 2.77. The summed E-state index contributed by atoms with van der Waals surface area (Å²) in [6.45, 7) is 0. The Morgan fingerprint density at radius 3 is 2.81 bits per heavy atom. The molecule has 0 amide bonds. The first-order chi connectivity index (χ1) is 9.88. The number of imidazole rings is 1. The number of hydrogen-bond acceptors (Lipinski definition) is 3. The summed E-state index contributed by atoms with van der Waals surface area (Å²) in [5, 5.41) is 0. The summed E-state index contributed by atoms with van der Waals surface area (Å²) in [6.07, 6.45) is -0.627. The van der Waals surface area contributed by atoms with Crippen molar-refractivity contribution in [2.24, 2.45) is 12.8 Å². The van der Waals surface area contributed by atoms with Crippen molar-refractivity contribution in [1.82, 2.24) is 14.5 Å². The van der Waals surface area contributed by atoms with Crippen LogP contribution in [0.5, 0.6) is 0 Å². The highest BCUT2D eigenvalue weighted by atomic mass is 19.4. The lowest BCUT2D eigenvalue weighted by atomic mass is 9.97. The van der Waals surface area contributed by atoms with Crippen molar-refractivity contribution >= 4 is 0 Å². The maximum Gasteiger partial charge on any atom is 0.433 e. The van der Waals surface area contributed by atoms with Gasteiger partial charge >= 0.3 is 6.18 Å². The average molecular weight is 296 g/mol. The number of nitrogens with two attached hydrogens (primary N) is 1. The maximum atomic E-state index is 12.8. The number of rotatable bonds is 1. The Bertz CT molecular complexity index is 675. The van der Waals surface area contributed by atoms with E-state index in [1.54, 1.807) is 0 Å². The van der Waals surface area contributed by atoms with Gasteiger partial charge in [0.1, 0.15) is 11.5 Å². The second kappa shape index (κ2) is 4.84. The van der Waals surface area contributed by atoms with Crippen LogP contribution < -0.4 is 5.73 Å². The standard InChI is InChI=1S/C14H15F3N4/c1-21-10-4-2-3-9(18)12(10)20-13(21)8-5-6-19-11(7-8)14(15,16)17/h5-7,9H,2-4,18H2,1H3/t9-/m0/s1. The van der Waals surface area contributed by atoms with Gasteiger partial charge in [-0.2, -0.15) is 13.2 Å². The Kier molecular flexibility index (Phi) is 3.24. The predicted octanol–water partition coefficient (Wildman–Crippen LogP) is 2.84. The first-order valence-electron chi connectivity index (χ1n) is 6.72. The summed E-state index contributed by atoms with van der Waals surface area (Å²) >= 11 is 0. The quantitative estimate of drug-likeness (QED) is 0.880. The molecule has 0 aromatic carbocycles. The second-order valence-corrected chi connectivity index (χ2v) is 5.25. The molecule has 2 N–H and O–H groups in total. The molecular weight excluding hydrogens is 281 g/mol. The maximum absolute atomic E-state index is 12.8. The minimum absolute atomic E-state index is 0.141. The van der Waals surface area contributed by atoms with E-state index in [1.165, 1.54) is 6.07 Å². The highest BCUT2D eigenvalue weighted by molar-refractivity contribution is 5.57. The van der Waals surface area contributed by atoms with Gasteiger partial charge in [0, 0.05) is 30.5 Å². The molecule has 21 heavy (non-hydrogen) atoms. The molecular formula is C14H15F3N4. The van der Waals surface area contributed by atoms with Crippen LogP contribution in [0.1, 0.15) is 36.0 Å². The number of alkyl halides is 3. The van der Waals surface area contributed by atoms with Crippen molar-refractivity contribution in [3.63, 3.8) is 0 Å². The van der Waals surface area contributed by atoms with Crippen LogP contribution in [0.15, 0.2) is 18.3 Å². The minimum Gasteiger partial charge on any atom is -0.331 e. The van der Waals surface area contributed by atoms with Crippen LogP contribution in [0, 0.1) is 0 Å². The van der Waals surface area contributed by atoms with E-state index in [9.17, 15) is 13.2 Å². The molecule has 1 atom stereocenters. The summed E-state index contributed by atoms with van der Waals surface area (Å²) in [7, 11) is 1.81. The van der Waals surface area contributed by atoms with Crippen molar-refractivity contribution in [2.45, 2.75) is 31.5 Å². The molecule has 0 fully saturated rings. The van der Waals surface area contributed by atoms with Gasteiger partial charge in [-0.25, -0.2) is 4.98 Å². The van der Waals surface area contributed by atoms with Crippen molar-refractivity contribution in [2.75, 3.05) is 0 Å². The van der Waals surface area contributed by atoms with Gasteiger partial charge in [-0.3, -0.25) is 4.98 Å². The molecule has 4 nitrogen and oxygen atoms in total. The van der Waals surface area contributed by atoms with Gasteiger partial charge in [0.25, 0.3) is 0 Å². The lowest BCUT2D eigenvalue weighted by Gasteiger charge is -2.17. The molecule has 2 aromatic rings. The molecule has 2 aromatic heterocycles. The molecule has 7 heteroatoms. The fraction of sp³-hybridized carbons (Fsp3) is 0.429. The SMILES string of the molecule is Cn1c(-c2ccnc(C(F)(F)F)c2)nc2c1CCC[C@@H]2N. The number of aromatic nitrogens is 3. The lowest BCUT2D eigenvalue weighted by Crippen LogP contribution is -2.18. The van der Waals surface area contributed by atoms with Crippen LogP contribution in [-0.2, 0) is 19.6 Å². The van der Waals surface area contributed by atoms with Gasteiger partial charge in [-0.1, -0.05) is 0 Å². The van der Waals surface area contributed by atoms with Gasteiger partial charge in [0.05, 0.1) is 5.69 Å². The topological polar surface area (TPSA) is 56.7 Å². The monoisotopic (exact) mass is 296 g/mol. The van der Waals surface area contributed by atoms with Crippen molar-refractivity contribution < 1.29 is 13.2 Å². The van der Waals surface area contributed by atoms with Crippen LogP contribution in [-0.4, -0.2) is 14.5 Å². The largest absolute Gasteiger partial charge is 0.433 e. The Morgan fingerprint density at radius 2 is 2.14 bits per heavy atom. The molecule has 1 aliphatic rings. The first kappa shape index (κ1) is 14.1. The summed E-state index contributed by atoms with van der Waals surface area (Å²) in [6, 6.07) is 2.42. The number of pyridine rings is 1. The van der Waals surface area contributed by atoms with Crippen molar-refractivity contribution in [1.29, 1.82) is 0 Å². The van der Waals surface area contributed by atoms with Gasteiger partial charge < -0.3 is 10.3 Å². The summed E-state index contributed by atoms with van der Waals surface area (Å²) in [5.74, 6) is 0.505. The molecule has 0 unspecified atom stereocenters. The highest BCUT2D eigenvalue weighted by Crippen LogP contribution is 2.33. The summed E-state index contributed by atoms with van der Waals surface area (Å²) in [5.41, 5.74) is 7.33. The van der Waals surface area contributed by atoms with E-state index in [0.29, 0.717) is 11.4 Å². The van der Waals surface area contributed by atoms with E-state index in [4.69, 9.17) is 5.73 Å². The Balaban J connectivity index is 2.10. The van der Waals surface area contributed by atoms with Gasteiger partial charge in [0.15, 0.2) is 0 Å². The molecule has 2 heterocycles. The van der Waals surface area contributed by atoms with E-state index >= 15 is 0 Å². The summed E-state index contributed by atoms with van der Waals surface area (Å²) in [4.78, 5) is 7.84. The zero-order valence-electron chi connectivity index (χ0n) is 11.5. The number of fused-ring (bicyclic) bond motifs is 1. The number of nitrogens with zero attached hydrogens (tertiary/aromatic N) is 3. The van der Waals surface area contributed by atoms with E-state index in [0.717, 1.165) is 42.9 Å². The van der Waals surface area contributed by atoms with Gasteiger partial charge in [-0.05, 0) is 31.4 Å². The normalized spacial score (nSPS) is 18.6. The van der Waals surface area contributed by atoms with Crippen LogP contribution in [0.2, 0.25) is 0 Å². The Morgan fingerprint density at radius 1 is 1.38 bits per heavy atom. The van der Waals surface area contributed by atoms with Crippen LogP contribution in [0.25, 0.3) is 11.4 Å². The van der Waals surface area contributed by atoms with Crippen molar-refractivity contribution in [3.8, 4) is 11.4 Å². The molecule has 0 aliphatic heterocycles. The van der Waals surface area contributed by atoms with Gasteiger partial charge in [-0.15, -0.1) is 0 Å². The van der Waals surface area contributed by atoms with Crippen molar-refractivity contribution in [3.05, 3.63) is 35.4 Å². The fourth-order valence-electron chi connectivity index (χ4n) is 2.75. The third-order valence-electron chi connectivity index (χ3n) is 3.83. The third kappa shape index (κ3) is 2.42. The molecule has 1 aliphatic carbocycles. The van der Waals surface area contributed by atoms with E-state index in [1.807, 2.05) is 11.6 Å². The third-order valence-corrected chi connectivity index (χ3v) is 3.83. The molecule has 0 radical (unpaired) electrons. The zero-order chi connectivity index (χ0) is 15.2. The van der Waals surface area contributed by atoms with E-state index in [-0.39, 0.29) is 6.04 Å². The highest BCUT2D eigenvalue weighted by Gasteiger charge is 2.33. The molecule has 0 saturated carbocycles. The Hall–Kier alpha value is -1.89. The summed E-state index contributed by atoms with van der Waals surface area (Å²) < 4.78 is 40.1. The zero-order valence-corrected chi connectivity index (χ0v) is 11.5. The Labute approximate surface area is 119 Å². The minimum atomic E-state index is -4.46. The molecule has 0 bridgehead atoms. The molecule has 0 saturated heterocycles. The predicted molar refractivity (Wildman–Crippen MR) is 71.3 cm³/mol. The molecule has 0 spiro atoms. The van der Waals surface area contributed by atoms with Crippen LogP contribution in [0.3, 0.4) is 0 Å². The smallest absolute Gasteiger partial charge is 0.331 e. The molecule has 3 rings (SSSR count). The molecule has 112 valence electrons.